The van der Waals surface area contributed by atoms with Crippen LogP contribution in [-0.4, -0.2) is 48.2 Å². The van der Waals surface area contributed by atoms with E-state index in [1.807, 2.05) is 36.4 Å². The van der Waals surface area contributed by atoms with E-state index in [2.05, 4.69) is 33.2 Å². The van der Waals surface area contributed by atoms with Gasteiger partial charge < -0.3 is 14.8 Å². The number of aromatic nitrogens is 2. The monoisotopic (exact) mass is 374 g/mol. The molecule has 2 heterocycles. The molecule has 0 saturated carbocycles. The maximum absolute atomic E-state index is 6.08. The van der Waals surface area contributed by atoms with Gasteiger partial charge in [0.1, 0.15) is 18.8 Å². The van der Waals surface area contributed by atoms with Gasteiger partial charge in [0, 0.05) is 28.7 Å². The number of nitrogens with zero attached hydrogens (tertiary/aromatic N) is 3. The molecule has 6 heteroatoms. The third-order valence-electron chi connectivity index (χ3n) is 5.08. The first kappa shape index (κ1) is 18.1. The van der Waals surface area contributed by atoms with Crippen LogP contribution in [0.1, 0.15) is 12.0 Å². The molecular weight excluding hydrogens is 352 g/mol. The summed E-state index contributed by atoms with van der Waals surface area (Å²) < 4.78 is 11.6. The Morgan fingerprint density at radius 1 is 1.25 bits per heavy atom. The van der Waals surface area contributed by atoms with E-state index in [0.717, 1.165) is 35.1 Å². The molecule has 0 unspecified atom stereocenters. The van der Waals surface area contributed by atoms with Gasteiger partial charge in [0.25, 0.3) is 0 Å². The number of benzene rings is 2. The first-order chi connectivity index (χ1) is 13.7. The molecule has 0 radical (unpaired) electrons. The Labute approximate surface area is 164 Å². The SMILES string of the molecule is C#Cc1cccc(Nc2ncnc3cc(OC)c(OC[C@@H]4CCN4C)cc23)c1. The molecular formula is C22H22N4O2. The lowest BCUT2D eigenvalue weighted by molar-refractivity contribution is 0.0758. The normalized spacial score (nSPS) is 16.2. The molecule has 6 nitrogen and oxygen atoms in total. The summed E-state index contributed by atoms with van der Waals surface area (Å²) in [6, 6.07) is 11.9. The lowest BCUT2D eigenvalue weighted by Gasteiger charge is -2.37. The van der Waals surface area contributed by atoms with Crippen molar-refractivity contribution in [1.82, 2.24) is 14.9 Å². The predicted octanol–water partition coefficient (Wildman–Crippen LogP) is 3.45. The van der Waals surface area contributed by atoms with Gasteiger partial charge in [-0.25, -0.2) is 9.97 Å². The van der Waals surface area contributed by atoms with Gasteiger partial charge in [-0.15, -0.1) is 6.42 Å². The van der Waals surface area contributed by atoms with Gasteiger partial charge in [-0.3, -0.25) is 4.90 Å². The number of hydrogen-bond acceptors (Lipinski definition) is 6. The largest absolute Gasteiger partial charge is 0.493 e. The number of likely N-dealkylation sites (N-methyl/N-ethyl adjacent to an activating group) is 1. The molecule has 0 aliphatic carbocycles. The van der Waals surface area contributed by atoms with Crippen molar-refractivity contribution < 1.29 is 9.47 Å². The van der Waals surface area contributed by atoms with Crippen LogP contribution >= 0.6 is 0 Å². The van der Waals surface area contributed by atoms with Crippen LogP contribution < -0.4 is 14.8 Å². The second-order valence-corrected chi connectivity index (χ2v) is 6.83. The molecule has 1 fully saturated rings. The number of hydrogen-bond donors (Lipinski definition) is 1. The van der Waals surface area contributed by atoms with Gasteiger partial charge in [0.2, 0.25) is 0 Å². The van der Waals surface area contributed by atoms with Crippen LogP contribution in [0.15, 0.2) is 42.7 Å². The highest BCUT2D eigenvalue weighted by Gasteiger charge is 2.25. The molecule has 1 aliphatic heterocycles. The summed E-state index contributed by atoms with van der Waals surface area (Å²) in [5, 5.41) is 4.18. The van der Waals surface area contributed by atoms with Crippen LogP contribution in [0.25, 0.3) is 10.9 Å². The minimum atomic E-state index is 0.441. The van der Waals surface area contributed by atoms with E-state index in [9.17, 15) is 0 Å². The summed E-state index contributed by atoms with van der Waals surface area (Å²) in [5.41, 5.74) is 2.44. The second kappa shape index (κ2) is 7.75. The maximum Gasteiger partial charge on any atom is 0.162 e. The quantitative estimate of drug-likeness (QED) is 0.667. The van der Waals surface area contributed by atoms with Crippen LogP contribution in [0, 0.1) is 12.3 Å². The number of rotatable bonds is 6. The number of methoxy groups -OCH3 is 1. The van der Waals surface area contributed by atoms with E-state index in [1.54, 1.807) is 7.11 Å². The van der Waals surface area contributed by atoms with E-state index in [1.165, 1.54) is 6.33 Å². The van der Waals surface area contributed by atoms with E-state index in [0.29, 0.717) is 30.0 Å². The lowest BCUT2D eigenvalue weighted by Crippen LogP contribution is -2.48. The first-order valence-electron chi connectivity index (χ1n) is 9.17. The molecule has 2 aromatic carbocycles. The molecule has 1 aliphatic rings. The van der Waals surface area contributed by atoms with E-state index in [4.69, 9.17) is 15.9 Å². The van der Waals surface area contributed by atoms with Crippen molar-refractivity contribution in [3.05, 3.63) is 48.3 Å². The van der Waals surface area contributed by atoms with Gasteiger partial charge >= 0.3 is 0 Å². The van der Waals surface area contributed by atoms with Crippen molar-refractivity contribution in [2.45, 2.75) is 12.5 Å². The van der Waals surface area contributed by atoms with Gasteiger partial charge in [-0.1, -0.05) is 12.0 Å². The predicted molar refractivity (Wildman–Crippen MR) is 110 cm³/mol. The number of fused-ring (bicyclic) bond motifs is 1. The molecule has 1 N–H and O–H groups in total. The first-order valence-corrected chi connectivity index (χ1v) is 9.17. The zero-order chi connectivity index (χ0) is 19.5. The molecule has 1 saturated heterocycles. The van der Waals surface area contributed by atoms with Crippen molar-refractivity contribution in [2.75, 3.05) is 32.6 Å². The second-order valence-electron chi connectivity index (χ2n) is 6.83. The fraction of sp³-hybridized carbons (Fsp3) is 0.273. The molecule has 0 amide bonds. The fourth-order valence-corrected chi connectivity index (χ4v) is 3.23. The Bertz CT molecular complexity index is 1040. The molecule has 4 rings (SSSR count). The van der Waals surface area contributed by atoms with E-state index < -0.39 is 0 Å². The summed E-state index contributed by atoms with van der Waals surface area (Å²) in [5.74, 6) is 4.68. The Kier molecular flexibility index (Phi) is 5.00. The fourth-order valence-electron chi connectivity index (χ4n) is 3.23. The molecule has 28 heavy (non-hydrogen) atoms. The summed E-state index contributed by atoms with van der Waals surface area (Å²) in [4.78, 5) is 11.1. The van der Waals surface area contributed by atoms with Gasteiger partial charge in [-0.05, 0) is 44.3 Å². The zero-order valence-electron chi connectivity index (χ0n) is 16.0. The Morgan fingerprint density at radius 2 is 2.14 bits per heavy atom. The third kappa shape index (κ3) is 3.57. The van der Waals surface area contributed by atoms with Crippen molar-refractivity contribution in [1.29, 1.82) is 0 Å². The van der Waals surface area contributed by atoms with Crippen LogP contribution in [0.4, 0.5) is 11.5 Å². The molecule has 0 bridgehead atoms. The molecule has 3 aromatic rings. The number of likely N-dealkylation sites (tertiary alicyclic amines) is 1. The van der Waals surface area contributed by atoms with Gasteiger partial charge in [0.05, 0.1) is 12.6 Å². The van der Waals surface area contributed by atoms with Crippen LogP contribution in [0.5, 0.6) is 11.5 Å². The van der Waals surface area contributed by atoms with Crippen molar-refractivity contribution in [3.8, 4) is 23.8 Å². The topological polar surface area (TPSA) is 59.5 Å². The maximum atomic E-state index is 6.08. The lowest BCUT2D eigenvalue weighted by atomic mass is 10.1. The number of anilines is 2. The highest BCUT2D eigenvalue weighted by molar-refractivity contribution is 5.93. The Morgan fingerprint density at radius 3 is 2.86 bits per heavy atom. The zero-order valence-corrected chi connectivity index (χ0v) is 16.0. The molecule has 0 spiro atoms. The highest BCUT2D eigenvalue weighted by atomic mass is 16.5. The average Bonchev–Trinajstić information content (AvgIpc) is 2.72. The van der Waals surface area contributed by atoms with Crippen molar-refractivity contribution >= 4 is 22.4 Å². The van der Waals surface area contributed by atoms with E-state index >= 15 is 0 Å². The molecule has 1 atom stereocenters. The summed E-state index contributed by atoms with van der Waals surface area (Å²) in [6.45, 7) is 1.74. The smallest absolute Gasteiger partial charge is 0.162 e. The number of ether oxygens (including phenoxy) is 2. The standard InChI is InChI=1S/C22H22N4O2/c1-4-15-6-5-7-16(10-15)25-22-18-11-21(28-13-17-8-9-26(17)2)20(27-3)12-19(18)23-14-24-22/h1,5-7,10-12,14,17H,8-9,13H2,2-3H3,(H,23,24,25)/t17-/m0/s1. The Balaban J connectivity index is 1.66. The highest BCUT2D eigenvalue weighted by Crippen LogP contribution is 2.35. The van der Waals surface area contributed by atoms with Crippen LogP contribution in [0.2, 0.25) is 0 Å². The van der Waals surface area contributed by atoms with Crippen molar-refractivity contribution in [3.63, 3.8) is 0 Å². The molecule has 1 aromatic heterocycles. The average molecular weight is 374 g/mol. The summed E-state index contributed by atoms with van der Waals surface area (Å²) >= 11 is 0. The van der Waals surface area contributed by atoms with Gasteiger partial charge in [-0.2, -0.15) is 0 Å². The minimum Gasteiger partial charge on any atom is -0.493 e. The summed E-state index contributed by atoms with van der Waals surface area (Å²) in [6.07, 6.45) is 8.17. The van der Waals surface area contributed by atoms with Crippen LogP contribution in [0.3, 0.4) is 0 Å². The van der Waals surface area contributed by atoms with Gasteiger partial charge in [0.15, 0.2) is 11.5 Å². The third-order valence-corrected chi connectivity index (χ3v) is 5.08. The molecule has 142 valence electrons. The number of terminal acetylenes is 1. The van der Waals surface area contributed by atoms with Crippen molar-refractivity contribution in [2.24, 2.45) is 0 Å². The Hall–Kier alpha value is -3.30. The summed E-state index contributed by atoms with van der Waals surface area (Å²) in [7, 11) is 3.74. The van der Waals surface area contributed by atoms with E-state index in [-0.39, 0.29) is 0 Å². The van der Waals surface area contributed by atoms with Crippen LogP contribution in [-0.2, 0) is 0 Å². The number of nitrogens with one attached hydrogen (secondary N) is 1. The minimum absolute atomic E-state index is 0.441.